The summed E-state index contributed by atoms with van der Waals surface area (Å²) in [5.41, 5.74) is 3.42. The molecular weight excluding hydrogens is 386 g/mol. The van der Waals surface area contributed by atoms with Gasteiger partial charge < -0.3 is 9.88 Å². The zero-order valence-corrected chi connectivity index (χ0v) is 16.2. The van der Waals surface area contributed by atoms with Gasteiger partial charge in [0.05, 0.1) is 11.9 Å². The lowest BCUT2D eigenvalue weighted by molar-refractivity contribution is -0.117. The van der Waals surface area contributed by atoms with Gasteiger partial charge in [-0.25, -0.2) is 9.97 Å². The minimum atomic E-state index is 0.0378. The van der Waals surface area contributed by atoms with E-state index < -0.39 is 0 Å². The molecule has 4 heterocycles. The van der Waals surface area contributed by atoms with Crippen molar-refractivity contribution in [3.8, 4) is 17.1 Å². The van der Waals surface area contributed by atoms with Crippen molar-refractivity contribution in [3.05, 3.63) is 29.4 Å². The first kappa shape index (κ1) is 16.5. The number of carbonyl (C=O) groups excluding carboxylic acids is 1. The highest BCUT2D eigenvalue weighted by atomic mass is 35.5. The van der Waals surface area contributed by atoms with Gasteiger partial charge in [-0.3, -0.25) is 14.5 Å². The van der Waals surface area contributed by atoms with Gasteiger partial charge in [0.15, 0.2) is 16.6 Å². The minimum absolute atomic E-state index is 0.0378. The molecule has 2 N–H and O–H groups in total. The molecule has 27 heavy (non-hydrogen) atoms. The van der Waals surface area contributed by atoms with Gasteiger partial charge in [-0.15, -0.1) is 0 Å². The standard InChI is InChI=1S/C17H16ClN7OS/c1-8-5-10(13(18)24(8)2)11-6-19-7-25(11)15-12-14(22-23-15)20-17(27-12)21-16(26)9-3-4-9/h5-7,9H,3-4H2,1-2H3,(H2,20,21,22,23,26). The summed E-state index contributed by atoms with van der Waals surface area (Å²) in [6.07, 6.45) is 5.37. The summed E-state index contributed by atoms with van der Waals surface area (Å²) in [6, 6.07) is 2.02. The van der Waals surface area contributed by atoms with Crippen molar-refractivity contribution in [3.63, 3.8) is 0 Å². The number of rotatable bonds is 4. The summed E-state index contributed by atoms with van der Waals surface area (Å²) in [7, 11) is 1.92. The molecule has 4 aromatic rings. The Hall–Kier alpha value is -2.65. The molecule has 0 unspecified atom stereocenters. The van der Waals surface area contributed by atoms with Crippen molar-refractivity contribution in [2.24, 2.45) is 13.0 Å². The number of nitrogens with zero attached hydrogens (tertiary/aromatic N) is 5. The van der Waals surface area contributed by atoms with Gasteiger partial charge in [-0.2, -0.15) is 5.10 Å². The highest BCUT2D eigenvalue weighted by molar-refractivity contribution is 7.22. The average Bonchev–Trinajstić information content (AvgIpc) is 2.95. The van der Waals surface area contributed by atoms with Crippen molar-refractivity contribution in [1.82, 2.24) is 29.3 Å². The molecule has 0 spiro atoms. The molecule has 8 nitrogen and oxygen atoms in total. The van der Waals surface area contributed by atoms with E-state index in [0.29, 0.717) is 21.7 Å². The summed E-state index contributed by atoms with van der Waals surface area (Å²) in [5.74, 6) is 0.851. The number of aromatic nitrogens is 6. The number of hydrogen-bond donors (Lipinski definition) is 2. The van der Waals surface area contributed by atoms with Crippen LogP contribution in [0.2, 0.25) is 5.15 Å². The molecule has 10 heteroatoms. The van der Waals surface area contributed by atoms with Gasteiger partial charge in [0.25, 0.3) is 0 Å². The SMILES string of the molecule is Cc1cc(-c2cncn2-c2n[nH]c3nc(NC(=O)C4CC4)sc23)c(Cl)n1C. The maximum Gasteiger partial charge on any atom is 0.229 e. The third kappa shape index (κ3) is 2.65. The molecular formula is C17H16ClN7OS. The minimum Gasteiger partial charge on any atom is -0.339 e. The highest BCUT2D eigenvalue weighted by Gasteiger charge is 2.30. The highest BCUT2D eigenvalue weighted by Crippen LogP contribution is 2.36. The number of hydrogen-bond acceptors (Lipinski definition) is 5. The van der Waals surface area contributed by atoms with Crippen LogP contribution < -0.4 is 5.32 Å². The Labute approximate surface area is 163 Å². The van der Waals surface area contributed by atoms with Gasteiger partial charge in [0.2, 0.25) is 5.91 Å². The fourth-order valence-corrected chi connectivity index (χ4v) is 4.21. The van der Waals surface area contributed by atoms with E-state index in [9.17, 15) is 4.79 Å². The number of carbonyl (C=O) groups is 1. The molecule has 1 saturated carbocycles. The van der Waals surface area contributed by atoms with Crippen LogP contribution in [-0.2, 0) is 11.8 Å². The van der Waals surface area contributed by atoms with E-state index in [1.807, 2.05) is 29.2 Å². The predicted molar refractivity (Wildman–Crippen MR) is 104 cm³/mol. The molecule has 0 radical (unpaired) electrons. The number of nitrogens with one attached hydrogen (secondary N) is 2. The van der Waals surface area contributed by atoms with E-state index in [-0.39, 0.29) is 11.8 Å². The molecule has 0 aliphatic heterocycles. The second-order valence-corrected chi connectivity index (χ2v) is 8.06. The Balaban J connectivity index is 1.56. The molecule has 0 atom stereocenters. The van der Waals surface area contributed by atoms with Gasteiger partial charge in [-0.05, 0) is 25.8 Å². The van der Waals surface area contributed by atoms with Crippen LogP contribution in [0.5, 0.6) is 0 Å². The smallest absolute Gasteiger partial charge is 0.229 e. The van der Waals surface area contributed by atoms with Gasteiger partial charge in [0.1, 0.15) is 16.2 Å². The monoisotopic (exact) mass is 401 g/mol. The molecule has 1 amide bonds. The fourth-order valence-electron chi connectivity index (χ4n) is 3.02. The molecule has 1 aliphatic carbocycles. The number of H-pyrrole nitrogens is 1. The van der Waals surface area contributed by atoms with Crippen LogP contribution in [-0.4, -0.2) is 35.2 Å². The third-order valence-corrected chi connectivity index (χ3v) is 6.24. The Morgan fingerprint density at radius 1 is 1.44 bits per heavy atom. The van der Waals surface area contributed by atoms with E-state index >= 15 is 0 Å². The van der Waals surface area contributed by atoms with Crippen molar-refractivity contribution in [2.75, 3.05) is 5.32 Å². The predicted octanol–water partition coefficient (Wildman–Crippen LogP) is 3.52. The Morgan fingerprint density at radius 2 is 2.26 bits per heavy atom. The average molecular weight is 402 g/mol. The third-order valence-electron chi connectivity index (χ3n) is 4.82. The van der Waals surface area contributed by atoms with Crippen LogP contribution in [0.3, 0.4) is 0 Å². The van der Waals surface area contributed by atoms with Gasteiger partial charge in [0, 0.05) is 24.2 Å². The lowest BCUT2D eigenvalue weighted by Crippen LogP contribution is -2.12. The molecule has 4 aromatic heterocycles. The van der Waals surface area contributed by atoms with E-state index in [0.717, 1.165) is 34.5 Å². The quantitative estimate of drug-likeness (QED) is 0.547. The van der Waals surface area contributed by atoms with E-state index in [4.69, 9.17) is 11.6 Å². The first-order chi connectivity index (χ1) is 13.0. The lowest BCUT2D eigenvalue weighted by atomic mass is 10.2. The van der Waals surface area contributed by atoms with Crippen LogP contribution in [0.4, 0.5) is 5.13 Å². The summed E-state index contributed by atoms with van der Waals surface area (Å²) < 4.78 is 4.65. The number of anilines is 1. The van der Waals surface area contributed by atoms with Crippen LogP contribution >= 0.6 is 22.9 Å². The molecule has 0 bridgehead atoms. The number of aromatic amines is 1. The lowest BCUT2D eigenvalue weighted by Gasteiger charge is -2.04. The van der Waals surface area contributed by atoms with Crippen LogP contribution in [0.1, 0.15) is 18.5 Å². The van der Waals surface area contributed by atoms with Gasteiger partial charge >= 0.3 is 0 Å². The fraction of sp³-hybridized carbons (Fsp3) is 0.294. The number of aryl methyl sites for hydroxylation is 1. The van der Waals surface area contributed by atoms with E-state index in [2.05, 4.69) is 25.5 Å². The molecule has 0 aromatic carbocycles. The maximum atomic E-state index is 12.0. The number of halogens is 1. The Bertz CT molecular complexity index is 1180. The Morgan fingerprint density at radius 3 is 2.96 bits per heavy atom. The number of thiazole rings is 1. The molecule has 1 aliphatic rings. The number of imidazole rings is 1. The number of amides is 1. The van der Waals surface area contributed by atoms with E-state index in [1.165, 1.54) is 11.3 Å². The molecule has 5 rings (SSSR count). The van der Waals surface area contributed by atoms with Crippen molar-refractivity contribution < 1.29 is 4.79 Å². The molecule has 0 saturated heterocycles. The summed E-state index contributed by atoms with van der Waals surface area (Å²) in [6.45, 7) is 2.00. The zero-order valence-electron chi connectivity index (χ0n) is 14.7. The summed E-state index contributed by atoms with van der Waals surface area (Å²) >= 11 is 7.89. The maximum absolute atomic E-state index is 12.0. The second kappa shape index (κ2) is 5.93. The normalized spacial score (nSPS) is 14.2. The van der Waals surface area contributed by atoms with Crippen molar-refractivity contribution in [2.45, 2.75) is 19.8 Å². The second-order valence-electron chi connectivity index (χ2n) is 6.71. The van der Waals surface area contributed by atoms with Crippen LogP contribution in [0.25, 0.3) is 27.4 Å². The van der Waals surface area contributed by atoms with Crippen molar-refractivity contribution in [1.29, 1.82) is 0 Å². The first-order valence-corrected chi connectivity index (χ1v) is 9.73. The molecule has 138 valence electrons. The van der Waals surface area contributed by atoms with E-state index in [1.54, 1.807) is 12.5 Å². The number of fused-ring (bicyclic) bond motifs is 1. The first-order valence-electron chi connectivity index (χ1n) is 8.53. The van der Waals surface area contributed by atoms with Crippen molar-refractivity contribution >= 4 is 44.3 Å². The summed E-state index contributed by atoms with van der Waals surface area (Å²) in [5, 5.41) is 11.4. The molecule has 1 fully saturated rings. The summed E-state index contributed by atoms with van der Waals surface area (Å²) in [4.78, 5) is 20.7. The van der Waals surface area contributed by atoms with Gasteiger partial charge in [-0.1, -0.05) is 22.9 Å². The van der Waals surface area contributed by atoms with Crippen LogP contribution in [0, 0.1) is 12.8 Å². The largest absolute Gasteiger partial charge is 0.339 e. The van der Waals surface area contributed by atoms with Crippen LogP contribution in [0.15, 0.2) is 18.6 Å². The zero-order chi connectivity index (χ0) is 18.7. The Kier molecular flexibility index (Phi) is 3.63. The topological polar surface area (TPSA) is 93.4 Å².